The fraction of sp³-hybridized carbons (Fsp3) is 0.214. The normalized spacial score (nSPS) is 10.0. The van der Waals surface area contributed by atoms with Gasteiger partial charge >= 0.3 is 0 Å². The highest BCUT2D eigenvalue weighted by atomic mass is 16.5. The smallest absolute Gasteiger partial charge is 0.250 e. The number of methoxy groups -OCH3 is 1. The molecule has 0 saturated carbocycles. The molecule has 0 aliphatic carbocycles. The number of primary amides is 1. The van der Waals surface area contributed by atoms with Crippen molar-refractivity contribution in [3.63, 3.8) is 0 Å². The van der Waals surface area contributed by atoms with Gasteiger partial charge in [-0.3, -0.25) is 9.78 Å². The molecule has 0 atom stereocenters. The third-order valence-corrected chi connectivity index (χ3v) is 2.90. The molecule has 126 valence electrons. The molecule has 3 aromatic heterocycles. The molecule has 0 saturated heterocycles. The SMILES string of the molecule is COCCNn1cnc2c(N)ncnc21.NC(=O)c1cccnc1. The average Bonchev–Trinajstić information content (AvgIpc) is 3.01. The van der Waals surface area contributed by atoms with Crippen LogP contribution in [-0.2, 0) is 4.74 Å². The number of imidazole rings is 1. The third kappa shape index (κ3) is 4.36. The minimum atomic E-state index is -0.442. The lowest BCUT2D eigenvalue weighted by atomic mass is 10.3. The predicted molar refractivity (Wildman–Crippen MR) is 88.6 cm³/mol. The van der Waals surface area contributed by atoms with Gasteiger partial charge in [-0.1, -0.05) is 0 Å². The number of fused-ring (bicyclic) bond motifs is 1. The minimum Gasteiger partial charge on any atom is -0.383 e. The van der Waals surface area contributed by atoms with Gasteiger partial charge in [0, 0.05) is 19.5 Å². The first-order chi connectivity index (χ1) is 11.6. The number of pyridine rings is 1. The summed E-state index contributed by atoms with van der Waals surface area (Å²) < 4.78 is 6.62. The number of nitrogens with one attached hydrogen (secondary N) is 1. The molecule has 5 N–H and O–H groups in total. The van der Waals surface area contributed by atoms with Crippen LogP contribution in [0.25, 0.3) is 11.2 Å². The van der Waals surface area contributed by atoms with E-state index in [0.29, 0.717) is 35.7 Å². The van der Waals surface area contributed by atoms with E-state index in [-0.39, 0.29) is 0 Å². The molecule has 10 heteroatoms. The van der Waals surface area contributed by atoms with Gasteiger partial charge in [-0.25, -0.2) is 19.6 Å². The van der Waals surface area contributed by atoms with Crippen molar-refractivity contribution in [1.82, 2.24) is 24.6 Å². The monoisotopic (exact) mass is 330 g/mol. The second kappa shape index (κ2) is 8.39. The van der Waals surface area contributed by atoms with Crippen molar-refractivity contribution < 1.29 is 9.53 Å². The van der Waals surface area contributed by atoms with Crippen molar-refractivity contribution in [2.75, 3.05) is 31.4 Å². The molecule has 24 heavy (non-hydrogen) atoms. The van der Waals surface area contributed by atoms with Crippen molar-refractivity contribution in [3.05, 3.63) is 42.7 Å². The van der Waals surface area contributed by atoms with Gasteiger partial charge in [0.1, 0.15) is 12.7 Å². The summed E-state index contributed by atoms with van der Waals surface area (Å²) in [5.41, 5.74) is 15.4. The van der Waals surface area contributed by atoms with Crippen LogP contribution in [0, 0.1) is 0 Å². The first kappa shape index (κ1) is 17.1. The van der Waals surface area contributed by atoms with E-state index in [0.717, 1.165) is 0 Å². The van der Waals surface area contributed by atoms with E-state index in [1.165, 1.54) is 12.5 Å². The molecular weight excluding hydrogens is 312 g/mol. The molecule has 0 aromatic carbocycles. The third-order valence-electron chi connectivity index (χ3n) is 2.90. The zero-order valence-electron chi connectivity index (χ0n) is 13.1. The van der Waals surface area contributed by atoms with E-state index < -0.39 is 5.91 Å². The average molecular weight is 330 g/mol. The Hall–Kier alpha value is -3.27. The Balaban J connectivity index is 0.000000198. The van der Waals surface area contributed by atoms with E-state index in [2.05, 4.69) is 25.4 Å². The number of carbonyl (C=O) groups excluding carboxylic acids is 1. The van der Waals surface area contributed by atoms with Crippen molar-refractivity contribution >= 4 is 22.9 Å². The lowest BCUT2D eigenvalue weighted by Crippen LogP contribution is -2.18. The van der Waals surface area contributed by atoms with Crippen LogP contribution < -0.4 is 16.9 Å². The Morgan fingerprint density at radius 2 is 2.21 bits per heavy atom. The van der Waals surface area contributed by atoms with Crippen LogP contribution in [0.4, 0.5) is 5.82 Å². The summed E-state index contributed by atoms with van der Waals surface area (Å²) in [6.07, 6.45) is 6.05. The maximum Gasteiger partial charge on any atom is 0.250 e. The van der Waals surface area contributed by atoms with Crippen molar-refractivity contribution in [2.45, 2.75) is 0 Å². The van der Waals surface area contributed by atoms with Gasteiger partial charge in [0.15, 0.2) is 17.0 Å². The van der Waals surface area contributed by atoms with Gasteiger partial charge in [-0.05, 0) is 12.1 Å². The standard InChI is InChI=1S/C8H12N6O.C6H6N2O/c1-15-3-2-13-14-5-12-6-7(9)10-4-11-8(6)14;7-6(9)5-2-1-3-8-4-5/h4-5,13H,2-3H2,1H3,(H2,9,10,11);1-4H,(H2,7,9). The maximum absolute atomic E-state index is 10.4. The van der Waals surface area contributed by atoms with Gasteiger partial charge < -0.3 is 21.6 Å². The number of nitrogen functional groups attached to an aromatic ring is 1. The molecule has 0 radical (unpaired) electrons. The summed E-state index contributed by atoms with van der Waals surface area (Å²) in [6.45, 7) is 1.28. The lowest BCUT2D eigenvalue weighted by molar-refractivity contribution is 0.1000. The zero-order valence-corrected chi connectivity index (χ0v) is 13.1. The van der Waals surface area contributed by atoms with Gasteiger partial charge in [0.05, 0.1) is 18.7 Å². The quantitative estimate of drug-likeness (QED) is 0.544. The van der Waals surface area contributed by atoms with Crippen LogP contribution in [0.5, 0.6) is 0 Å². The molecule has 1 amide bonds. The van der Waals surface area contributed by atoms with Crippen LogP contribution in [0.2, 0.25) is 0 Å². The summed E-state index contributed by atoms with van der Waals surface area (Å²) in [5, 5.41) is 0. The first-order valence-electron chi connectivity index (χ1n) is 6.99. The molecule has 0 fully saturated rings. The molecule has 0 spiro atoms. The van der Waals surface area contributed by atoms with Gasteiger partial charge in [-0.2, -0.15) is 0 Å². The molecule has 3 aromatic rings. The predicted octanol–water partition coefficient (Wildman–Crippen LogP) is -0.221. The first-order valence-corrected chi connectivity index (χ1v) is 6.99. The molecule has 0 unspecified atom stereocenters. The molecule has 10 nitrogen and oxygen atoms in total. The Labute approximate surface area is 137 Å². The molecule has 3 rings (SSSR count). The number of anilines is 1. The molecule has 0 aliphatic heterocycles. The van der Waals surface area contributed by atoms with Gasteiger partial charge in [0.2, 0.25) is 5.91 Å². The van der Waals surface area contributed by atoms with Crippen molar-refractivity contribution in [2.24, 2.45) is 5.73 Å². The number of nitrogens with zero attached hydrogens (tertiary/aromatic N) is 5. The summed E-state index contributed by atoms with van der Waals surface area (Å²) in [6, 6.07) is 3.29. The fourth-order valence-corrected chi connectivity index (χ4v) is 1.75. The molecule has 0 aliphatic rings. The lowest BCUT2D eigenvalue weighted by Gasteiger charge is -2.06. The van der Waals surface area contributed by atoms with E-state index >= 15 is 0 Å². The highest BCUT2D eigenvalue weighted by Crippen LogP contribution is 2.12. The fourth-order valence-electron chi connectivity index (χ4n) is 1.75. The summed E-state index contributed by atoms with van der Waals surface area (Å²) >= 11 is 0. The molecular formula is C14H18N8O2. The van der Waals surface area contributed by atoms with E-state index in [1.807, 2.05) is 0 Å². The van der Waals surface area contributed by atoms with Crippen LogP contribution in [0.15, 0.2) is 37.2 Å². The maximum atomic E-state index is 10.4. The number of nitrogens with two attached hydrogens (primary N) is 2. The highest BCUT2D eigenvalue weighted by molar-refractivity contribution is 5.92. The van der Waals surface area contributed by atoms with Crippen LogP contribution >= 0.6 is 0 Å². The Kier molecular flexibility index (Phi) is 5.97. The number of hydrogen-bond acceptors (Lipinski definition) is 8. The highest BCUT2D eigenvalue weighted by Gasteiger charge is 2.06. The number of carbonyl (C=O) groups is 1. The van der Waals surface area contributed by atoms with Gasteiger partial charge in [0.25, 0.3) is 0 Å². The second-order valence-electron chi connectivity index (χ2n) is 4.55. The van der Waals surface area contributed by atoms with E-state index in [9.17, 15) is 4.79 Å². The van der Waals surface area contributed by atoms with Crippen molar-refractivity contribution in [1.29, 1.82) is 0 Å². The van der Waals surface area contributed by atoms with Gasteiger partial charge in [-0.15, -0.1) is 0 Å². The number of rotatable bonds is 5. The number of amides is 1. The van der Waals surface area contributed by atoms with Crippen LogP contribution in [0.1, 0.15) is 10.4 Å². The number of aromatic nitrogens is 5. The number of ether oxygens (including phenoxy) is 1. The minimum absolute atomic E-state index is 0.382. The Morgan fingerprint density at radius 1 is 1.38 bits per heavy atom. The zero-order chi connectivity index (χ0) is 17.4. The summed E-state index contributed by atoms with van der Waals surface area (Å²) in [7, 11) is 1.65. The second-order valence-corrected chi connectivity index (χ2v) is 4.55. The Morgan fingerprint density at radius 3 is 2.83 bits per heavy atom. The van der Waals surface area contributed by atoms with Crippen LogP contribution in [-0.4, -0.2) is 50.8 Å². The van der Waals surface area contributed by atoms with E-state index in [4.69, 9.17) is 16.2 Å². The molecule has 3 heterocycles. The molecule has 0 bridgehead atoms. The topological polar surface area (TPSA) is 147 Å². The number of hydrogen-bond donors (Lipinski definition) is 3. The van der Waals surface area contributed by atoms with Crippen LogP contribution in [0.3, 0.4) is 0 Å². The largest absolute Gasteiger partial charge is 0.383 e. The van der Waals surface area contributed by atoms with E-state index in [1.54, 1.807) is 36.4 Å². The Bertz CT molecular complexity index is 790. The summed E-state index contributed by atoms with van der Waals surface area (Å²) in [5.74, 6) is -0.0598. The summed E-state index contributed by atoms with van der Waals surface area (Å²) in [4.78, 5) is 26.1. The van der Waals surface area contributed by atoms with Crippen molar-refractivity contribution in [3.8, 4) is 0 Å².